The summed E-state index contributed by atoms with van der Waals surface area (Å²) < 4.78 is 0. The first-order valence-electron chi connectivity index (χ1n) is 33.6. The molecule has 0 aromatic heterocycles. The Bertz CT molecular complexity index is 1160. The fourth-order valence-electron chi connectivity index (χ4n) is 19.5. The molecule has 6 unspecified atom stereocenters. The lowest BCUT2D eigenvalue weighted by molar-refractivity contribution is 0.176. The van der Waals surface area contributed by atoms with Crippen LogP contribution in [0.3, 0.4) is 0 Å². The average Bonchev–Trinajstić information content (AvgIpc) is 4.21. The summed E-state index contributed by atoms with van der Waals surface area (Å²) in [6, 6.07) is 0. The van der Waals surface area contributed by atoms with E-state index in [-0.39, 0.29) is 0 Å². The van der Waals surface area contributed by atoms with Crippen molar-refractivity contribution in [2.24, 2.45) is 94.7 Å². The van der Waals surface area contributed by atoms with E-state index in [2.05, 4.69) is 0 Å². The van der Waals surface area contributed by atoms with Crippen molar-refractivity contribution in [1.82, 2.24) is 0 Å². The van der Waals surface area contributed by atoms with Gasteiger partial charge in [-0.15, -0.1) is 0 Å². The van der Waals surface area contributed by atoms with Crippen LogP contribution in [0.25, 0.3) is 0 Å². The zero-order valence-electron chi connectivity index (χ0n) is 46.0. The van der Waals surface area contributed by atoms with E-state index in [4.69, 9.17) is 0 Å². The van der Waals surface area contributed by atoms with Crippen molar-refractivity contribution in [2.45, 2.75) is 334 Å². The van der Waals surface area contributed by atoms with E-state index in [1.54, 1.807) is 270 Å². The summed E-state index contributed by atoms with van der Waals surface area (Å²) in [5, 5.41) is 0. The van der Waals surface area contributed by atoms with Crippen LogP contribution < -0.4 is 0 Å². The molecule has 19 saturated carbocycles. The Morgan fingerprint density at radius 1 is 0.0882 bits per heavy atom. The zero-order chi connectivity index (χ0) is 46.0. The average molecular weight is 938 g/mol. The monoisotopic (exact) mass is 937 g/mol. The second kappa shape index (κ2) is 29.2. The predicted molar refractivity (Wildman–Crippen MR) is 296 cm³/mol. The molecule has 19 fully saturated rings. The third kappa shape index (κ3) is 18.1. The summed E-state index contributed by atoms with van der Waals surface area (Å²) in [6.45, 7) is 0. The molecule has 0 nitrogen and oxygen atoms in total. The smallest absolute Gasteiger partial charge is 0.0409 e. The number of hydrogen-bond donors (Lipinski definition) is 0. The summed E-state index contributed by atoms with van der Waals surface area (Å²) in [7, 11) is 0. The molecule has 6 atom stereocenters. The lowest BCUT2D eigenvalue weighted by Crippen LogP contribution is -2.21. The summed E-state index contributed by atoms with van der Waals surface area (Å²) in [5.74, 6) is 18.5. The van der Waals surface area contributed by atoms with Crippen LogP contribution in [0, 0.1) is 94.7 Å². The minimum absolute atomic E-state index is 1.13. The normalized spacial score (nSPS) is 43.8. The molecule has 19 rings (SSSR count). The molecule has 68 heavy (non-hydrogen) atoms. The van der Waals surface area contributed by atoms with Crippen molar-refractivity contribution in [3.63, 3.8) is 0 Å². The van der Waals surface area contributed by atoms with Gasteiger partial charge in [0.05, 0.1) is 0 Å². The standard InChI is InChI=1S/C11H20.C10H18.2C9H16.2C8H14.C7H12.C6H10/c1-2-5-11-7-3-6-10(4-1)8-9-11;1-2-5-10-7-3-6-9(4-1)8-10;1-3-8-5-2-6-9(4-1)7-8;1-2-8-4-6-9(3-1)7-5-8;1-2-8-5-3-7(1)4-6-8;1-2-7-4-5-8(3-1)6-7;1-2-7-4-3-6(1)5-7;1-2-6-3-5(1)4-6/h10-11H,1-9H2;9-10H,1-8H2;2*8-9H,1-7H2;2*7-8H,1-6H2;6-7H,1-5H2;5-6H,1-4H2. The molecule has 0 heterocycles. The molecule has 0 spiro atoms. The molecule has 0 aliphatic heterocycles. The third-order valence-electron chi connectivity index (χ3n) is 24.1. The highest BCUT2D eigenvalue weighted by Gasteiger charge is 2.36. The second-order valence-corrected chi connectivity index (χ2v) is 29.2. The summed E-state index contributed by atoms with van der Waals surface area (Å²) in [4.78, 5) is 0. The van der Waals surface area contributed by atoms with Gasteiger partial charge in [-0.05, 0) is 133 Å². The molecule has 19 aliphatic rings. The Hall–Kier alpha value is 0. The van der Waals surface area contributed by atoms with Crippen LogP contribution in [0.5, 0.6) is 0 Å². The second-order valence-electron chi connectivity index (χ2n) is 29.2. The van der Waals surface area contributed by atoms with Gasteiger partial charge in [0.1, 0.15) is 0 Å². The number of rotatable bonds is 0. The summed E-state index contributed by atoms with van der Waals surface area (Å²) >= 11 is 0. The molecular formula is C68H120. The molecule has 0 heteroatoms. The lowest BCUT2D eigenvalue weighted by Gasteiger charge is -2.35. The van der Waals surface area contributed by atoms with Gasteiger partial charge in [0.15, 0.2) is 0 Å². The van der Waals surface area contributed by atoms with Crippen molar-refractivity contribution in [3.8, 4) is 0 Å². The summed E-state index contributed by atoms with van der Waals surface area (Å²) in [6.07, 6.45) is 80.9. The molecule has 19 aliphatic carbocycles. The van der Waals surface area contributed by atoms with Crippen LogP contribution in [-0.4, -0.2) is 0 Å². The molecule has 16 bridgehead atoms. The lowest BCUT2D eigenvalue weighted by atomic mass is 9.71. The van der Waals surface area contributed by atoms with Crippen LogP contribution in [0.15, 0.2) is 0 Å². The van der Waals surface area contributed by atoms with Crippen molar-refractivity contribution in [2.75, 3.05) is 0 Å². The Labute approximate surface area is 426 Å². The topological polar surface area (TPSA) is 0 Å². The van der Waals surface area contributed by atoms with Gasteiger partial charge in [-0.1, -0.05) is 295 Å². The largest absolute Gasteiger partial charge is 0.0530 e. The van der Waals surface area contributed by atoms with Gasteiger partial charge >= 0.3 is 0 Å². The molecule has 0 N–H and O–H groups in total. The van der Waals surface area contributed by atoms with Gasteiger partial charge in [-0.25, -0.2) is 0 Å². The van der Waals surface area contributed by atoms with Crippen molar-refractivity contribution >= 4 is 0 Å². The van der Waals surface area contributed by atoms with Crippen LogP contribution >= 0.6 is 0 Å². The Morgan fingerprint density at radius 2 is 0.206 bits per heavy atom. The van der Waals surface area contributed by atoms with Gasteiger partial charge in [-0.3, -0.25) is 0 Å². The molecule has 392 valence electrons. The van der Waals surface area contributed by atoms with Crippen molar-refractivity contribution in [1.29, 1.82) is 0 Å². The highest BCUT2D eigenvalue weighted by Crippen LogP contribution is 2.48. The van der Waals surface area contributed by atoms with E-state index in [0.29, 0.717) is 0 Å². The van der Waals surface area contributed by atoms with E-state index >= 15 is 0 Å². The number of fused-ring (bicyclic) bond motifs is 19. The fraction of sp³-hybridized carbons (Fsp3) is 1.00. The maximum Gasteiger partial charge on any atom is -0.0409 e. The van der Waals surface area contributed by atoms with Gasteiger partial charge in [0.2, 0.25) is 0 Å². The minimum atomic E-state index is 1.13. The van der Waals surface area contributed by atoms with Gasteiger partial charge < -0.3 is 0 Å². The summed E-state index contributed by atoms with van der Waals surface area (Å²) in [5.41, 5.74) is 0. The molecular weight excluding hydrogens is 817 g/mol. The molecule has 0 radical (unpaired) electrons. The van der Waals surface area contributed by atoms with Crippen LogP contribution in [0.1, 0.15) is 334 Å². The Morgan fingerprint density at radius 3 is 0.426 bits per heavy atom. The Balaban J connectivity index is 0.0000000975. The van der Waals surface area contributed by atoms with Crippen molar-refractivity contribution in [3.05, 3.63) is 0 Å². The van der Waals surface area contributed by atoms with Crippen molar-refractivity contribution < 1.29 is 0 Å². The van der Waals surface area contributed by atoms with Crippen LogP contribution in [-0.2, 0) is 0 Å². The zero-order valence-corrected chi connectivity index (χ0v) is 46.0. The quantitative estimate of drug-likeness (QED) is 0.227. The highest BCUT2D eigenvalue weighted by atomic mass is 14.4. The molecule has 0 aromatic rings. The van der Waals surface area contributed by atoms with E-state index < -0.39 is 0 Å². The van der Waals surface area contributed by atoms with E-state index in [1.807, 2.05) is 0 Å². The van der Waals surface area contributed by atoms with Gasteiger partial charge in [0.25, 0.3) is 0 Å². The van der Waals surface area contributed by atoms with E-state index in [1.165, 1.54) is 87.9 Å². The fourth-order valence-corrected chi connectivity index (χ4v) is 19.5. The minimum Gasteiger partial charge on any atom is -0.0530 e. The SMILES string of the molecule is C1CC2CC1C2.C1CC2CCC(C1)C2.C1CC2CCC(C1)CC2.C1CC2CCC1C2.C1CC2CCC1CC2.C1CC2CCCC(C1)C2.C1CCC2CCCC(C1)C2.C1CCC2CCCC(C1)CC2. The van der Waals surface area contributed by atoms with Crippen LogP contribution in [0.4, 0.5) is 0 Å². The number of hydrogen-bond acceptors (Lipinski definition) is 0. The van der Waals surface area contributed by atoms with E-state index in [0.717, 1.165) is 71.0 Å². The van der Waals surface area contributed by atoms with Crippen LogP contribution in [0.2, 0.25) is 0 Å². The van der Waals surface area contributed by atoms with E-state index in [9.17, 15) is 0 Å². The molecule has 0 aromatic carbocycles. The maximum atomic E-state index is 1.58. The highest BCUT2D eigenvalue weighted by molar-refractivity contribution is 4.87. The Kier molecular flexibility index (Phi) is 22.7. The first kappa shape index (κ1) is 52.8. The third-order valence-corrected chi connectivity index (χ3v) is 24.1. The first-order valence-corrected chi connectivity index (χ1v) is 33.6. The predicted octanol–water partition coefficient (Wildman–Crippen LogP) is 22.3. The maximum absolute atomic E-state index is 1.58. The molecule has 0 amide bonds. The van der Waals surface area contributed by atoms with Gasteiger partial charge in [0, 0.05) is 0 Å². The van der Waals surface area contributed by atoms with Gasteiger partial charge in [-0.2, -0.15) is 0 Å². The molecule has 0 saturated heterocycles. The first-order chi connectivity index (χ1) is 33.6.